The Morgan fingerprint density at radius 2 is 1.74 bits per heavy atom. The Morgan fingerprint density at radius 3 is 2.41 bits per heavy atom. The van der Waals surface area contributed by atoms with E-state index in [1.165, 1.54) is 25.7 Å². The number of aliphatic carboxylic acids is 1. The zero-order valence-electron chi connectivity index (χ0n) is 15.9. The lowest BCUT2D eigenvalue weighted by Crippen LogP contribution is -2.57. The van der Waals surface area contributed by atoms with E-state index in [9.17, 15) is 15.0 Å². The smallest absolute Gasteiger partial charge is 0.337 e. The lowest BCUT2D eigenvalue weighted by atomic mass is 9.89. The Labute approximate surface area is 160 Å². The number of hydrogen-bond acceptors (Lipinski definition) is 6. The molecule has 2 rings (SSSR count). The summed E-state index contributed by atoms with van der Waals surface area (Å²) in [5.74, 6) is -0.756. The maximum Gasteiger partial charge on any atom is 0.337 e. The molecule has 0 spiro atoms. The van der Waals surface area contributed by atoms with Gasteiger partial charge in [-0.15, -0.1) is 0 Å². The van der Waals surface area contributed by atoms with Crippen molar-refractivity contribution in [3.8, 4) is 5.75 Å². The maximum atomic E-state index is 11.7. The van der Waals surface area contributed by atoms with Crippen LogP contribution in [0.15, 0.2) is 18.3 Å². The first-order valence-electron chi connectivity index (χ1n) is 9.89. The van der Waals surface area contributed by atoms with E-state index in [0.29, 0.717) is 24.7 Å². The van der Waals surface area contributed by atoms with Gasteiger partial charge in [-0.2, -0.15) is 0 Å². The summed E-state index contributed by atoms with van der Waals surface area (Å²) < 4.78 is 11.3. The van der Waals surface area contributed by atoms with Crippen LogP contribution in [0.25, 0.3) is 0 Å². The Balaban J connectivity index is 2.08. The molecule has 0 amide bonds. The molecule has 0 fully saturated rings. The Bertz CT molecular complexity index is 583. The standard InChI is InChI=1S/C20H32N2O5/c21-18-15-26-11-7-5-3-1-2-4-6-8-12-27-17-9-10-22-16(13-17)14-20(18,25)19(23)24/h9-10,13,18,25H,1-8,11-12,14-15,21H2,(H,23,24)/t18?,20-/m1/s1. The van der Waals surface area contributed by atoms with Crippen LogP contribution in [0.5, 0.6) is 5.75 Å². The molecule has 1 aromatic heterocycles. The highest BCUT2D eigenvalue weighted by Crippen LogP contribution is 2.20. The lowest BCUT2D eigenvalue weighted by Gasteiger charge is -2.29. The van der Waals surface area contributed by atoms with Gasteiger partial charge in [0, 0.05) is 31.0 Å². The molecular formula is C20H32N2O5. The number of hydrogen-bond donors (Lipinski definition) is 3. The minimum atomic E-state index is -2.14. The van der Waals surface area contributed by atoms with Crippen molar-refractivity contribution in [1.29, 1.82) is 0 Å². The highest BCUT2D eigenvalue weighted by molar-refractivity contribution is 5.78. The Morgan fingerprint density at radius 1 is 1.11 bits per heavy atom. The van der Waals surface area contributed by atoms with Crippen LogP contribution in [0.2, 0.25) is 0 Å². The van der Waals surface area contributed by atoms with E-state index in [1.807, 2.05) is 0 Å². The summed E-state index contributed by atoms with van der Waals surface area (Å²) in [7, 11) is 0. The SMILES string of the molecule is NC1COCCCCCCCCCCOc2ccnc(c2)C[C@]1(O)C(=O)O. The summed E-state index contributed by atoms with van der Waals surface area (Å²) in [6.07, 6.45) is 10.3. The minimum absolute atomic E-state index is 0.0149. The van der Waals surface area contributed by atoms with Crippen molar-refractivity contribution in [2.75, 3.05) is 19.8 Å². The molecule has 1 unspecified atom stereocenters. The molecule has 152 valence electrons. The van der Waals surface area contributed by atoms with Crippen LogP contribution in [0.4, 0.5) is 0 Å². The monoisotopic (exact) mass is 380 g/mol. The van der Waals surface area contributed by atoms with Crippen LogP contribution in [0.3, 0.4) is 0 Å². The molecular weight excluding hydrogens is 348 g/mol. The summed E-state index contributed by atoms with van der Waals surface area (Å²) in [5, 5.41) is 20.2. The van der Waals surface area contributed by atoms with E-state index in [-0.39, 0.29) is 13.0 Å². The van der Waals surface area contributed by atoms with Crippen LogP contribution < -0.4 is 10.5 Å². The molecule has 27 heavy (non-hydrogen) atoms. The fraction of sp³-hybridized carbons (Fsp3) is 0.700. The molecule has 1 aliphatic rings. The summed E-state index contributed by atoms with van der Waals surface area (Å²) in [6, 6.07) is 2.34. The predicted octanol–water partition coefficient (Wildman–Crippen LogP) is 2.30. The number of nitrogens with zero attached hydrogens (tertiary/aromatic N) is 1. The van der Waals surface area contributed by atoms with E-state index in [1.54, 1.807) is 18.3 Å². The maximum absolute atomic E-state index is 11.7. The van der Waals surface area contributed by atoms with Crippen molar-refractivity contribution in [2.24, 2.45) is 5.73 Å². The average molecular weight is 380 g/mol. The zero-order valence-corrected chi connectivity index (χ0v) is 15.9. The molecule has 0 aromatic carbocycles. The van der Waals surface area contributed by atoms with Crippen LogP contribution in [-0.4, -0.2) is 52.6 Å². The number of carbonyl (C=O) groups is 1. The summed E-state index contributed by atoms with van der Waals surface area (Å²) in [4.78, 5) is 15.9. The molecule has 0 radical (unpaired) electrons. The molecule has 0 saturated heterocycles. The first-order chi connectivity index (χ1) is 13.0. The van der Waals surface area contributed by atoms with Crippen LogP contribution in [0, 0.1) is 0 Å². The van der Waals surface area contributed by atoms with Gasteiger partial charge < -0.3 is 25.4 Å². The Hall–Kier alpha value is -1.70. The van der Waals surface area contributed by atoms with Gasteiger partial charge in [-0.05, 0) is 18.9 Å². The summed E-state index contributed by atoms with van der Waals surface area (Å²) in [5.41, 5.74) is 4.25. The predicted molar refractivity (Wildman–Crippen MR) is 102 cm³/mol. The fourth-order valence-corrected chi connectivity index (χ4v) is 3.19. The van der Waals surface area contributed by atoms with Crippen molar-refractivity contribution in [2.45, 2.75) is 69.4 Å². The van der Waals surface area contributed by atoms with Gasteiger partial charge in [-0.25, -0.2) is 4.79 Å². The molecule has 7 nitrogen and oxygen atoms in total. The van der Waals surface area contributed by atoms with Crippen LogP contribution >= 0.6 is 0 Å². The van der Waals surface area contributed by atoms with Gasteiger partial charge in [0.05, 0.1) is 19.3 Å². The van der Waals surface area contributed by atoms with Gasteiger partial charge in [0.25, 0.3) is 0 Å². The number of fused-ring (bicyclic) bond motifs is 2. The Kier molecular flexibility index (Phi) is 8.97. The highest BCUT2D eigenvalue weighted by Gasteiger charge is 2.43. The molecule has 4 N–H and O–H groups in total. The van der Waals surface area contributed by atoms with Crippen molar-refractivity contribution in [3.05, 3.63) is 24.0 Å². The third-order valence-electron chi connectivity index (χ3n) is 4.97. The second-order valence-corrected chi connectivity index (χ2v) is 7.25. The zero-order chi connectivity index (χ0) is 19.5. The fourth-order valence-electron chi connectivity index (χ4n) is 3.19. The molecule has 2 heterocycles. The van der Waals surface area contributed by atoms with Crippen molar-refractivity contribution >= 4 is 5.97 Å². The van der Waals surface area contributed by atoms with Gasteiger partial charge in [0.15, 0.2) is 5.60 Å². The molecule has 1 aliphatic heterocycles. The third kappa shape index (κ3) is 7.08. The third-order valence-corrected chi connectivity index (χ3v) is 4.97. The van der Waals surface area contributed by atoms with Crippen LogP contribution in [-0.2, 0) is 16.0 Å². The number of nitrogens with two attached hydrogens (primary N) is 1. The minimum Gasteiger partial charge on any atom is -0.493 e. The topological polar surface area (TPSA) is 115 Å². The number of aromatic nitrogens is 1. The van der Waals surface area contributed by atoms with Crippen molar-refractivity contribution < 1.29 is 24.5 Å². The van der Waals surface area contributed by atoms with E-state index < -0.39 is 17.6 Å². The highest BCUT2D eigenvalue weighted by atomic mass is 16.5. The van der Waals surface area contributed by atoms with E-state index in [2.05, 4.69) is 4.98 Å². The van der Waals surface area contributed by atoms with Gasteiger partial charge >= 0.3 is 5.97 Å². The second-order valence-electron chi connectivity index (χ2n) is 7.25. The lowest BCUT2D eigenvalue weighted by molar-refractivity contribution is -0.162. The second kappa shape index (κ2) is 11.2. The molecule has 2 atom stereocenters. The van der Waals surface area contributed by atoms with Gasteiger partial charge in [-0.1, -0.05) is 38.5 Å². The molecule has 0 aliphatic carbocycles. The largest absolute Gasteiger partial charge is 0.493 e. The molecule has 7 heteroatoms. The van der Waals surface area contributed by atoms with Gasteiger partial charge in [0.1, 0.15) is 5.75 Å². The van der Waals surface area contributed by atoms with Crippen LogP contribution in [0.1, 0.15) is 57.1 Å². The first kappa shape index (κ1) is 21.6. The van der Waals surface area contributed by atoms with Gasteiger partial charge in [-0.3, -0.25) is 4.98 Å². The summed E-state index contributed by atoms with van der Waals surface area (Å²) in [6.45, 7) is 1.12. The number of ether oxygens (including phenoxy) is 2. The molecule has 2 bridgehead atoms. The normalized spacial score (nSPS) is 26.8. The van der Waals surface area contributed by atoms with Crippen molar-refractivity contribution in [1.82, 2.24) is 4.98 Å². The number of carboxylic acid groups (broad SMARTS) is 1. The number of pyridine rings is 1. The van der Waals surface area contributed by atoms with Gasteiger partial charge in [0.2, 0.25) is 0 Å². The summed E-state index contributed by atoms with van der Waals surface area (Å²) >= 11 is 0. The molecule has 1 aromatic rings. The number of rotatable bonds is 1. The van der Waals surface area contributed by atoms with E-state index in [4.69, 9.17) is 15.2 Å². The van der Waals surface area contributed by atoms with E-state index in [0.717, 1.165) is 25.7 Å². The van der Waals surface area contributed by atoms with Crippen molar-refractivity contribution in [3.63, 3.8) is 0 Å². The van der Waals surface area contributed by atoms with E-state index >= 15 is 0 Å². The number of carboxylic acids is 1. The number of aliphatic hydroxyl groups is 1. The molecule has 0 saturated carbocycles. The average Bonchev–Trinajstić information content (AvgIpc) is 2.64. The first-order valence-corrected chi connectivity index (χ1v) is 9.89. The quantitative estimate of drug-likeness (QED) is 0.685.